The van der Waals surface area contributed by atoms with E-state index in [1.54, 1.807) is 21.3 Å². The van der Waals surface area contributed by atoms with Gasteiger partial charge in [-0.15, -0.1) is 0 Å². The predicted octanol–water partition coefficient (Wildman–Crippen LogP) is 4.32. The van der Waals surface area contributed by atoms with E-state index in [1.165, 1.54) is 45.2 Å². The average molecular weight is 462 g/mol. The molecule has 2 fully saturated rings. The molecule has 0 radical (unpaired) electrons. The smallest absolute Gasteiger partial charge is 0.317 e. The maximum Gasteiger partial charge on any atom is 0.317 e. The number of nitrogens with one attached hydrogen (secondary N) is 1. The molecule has 0 aliphatic carbocycles. The SMILES string of the molecule is COCCN(C[C@@H]1CCCN2CCCC[C@H]12)C(=O)N[C@H](c1ccc(OC)c(OC)c1)C(C)C. The lowest BCUT2D eigenvalue weighted by atomic mass is 9.83. The molecule has 2 heterocycles. The van der Waals surface area contributed by atoms with Crippen LogP contribution in [0.2, 0.25) is 0 Å². The average Bonchev–Trinajstić information content (AvgIpc) is 2.84. The van der Waals surface area contributed by atoms with Crippen LogP contribution >= 0.6 is 0 Å². The number of piperidine rings is 2. The fourth-order valence-corrected chi connectivity index (χ4v) is 5.46. The molecule has 2 amide bonds. The Kier molecular flexibility index (Phi) is 9.68. The van der Waals surface area contributed by atoms with E-state index in [2.05, 4.69) is 24.1 Å². The maximum atomic E-state index is 13.5. The number of benzene rings is 1. The van der Waals surface area contributed by atoms with Gasteiger partial charge in [-0.1, -0.05) is 26.3 Å². The molecule has 3 atom stereocenters. The zero-order valence-electron chi connectivity index (χ0n) is 21.1. The highest BCUT2D eigenvalue weighted by atomic mass is 16.5. The summed E-state index contributed by atoms with van der Waals surface area (Å²) < 4.78 is 16.2. The Hall–Kier alpha value is -1.99. The van der Waals surface area contributed by atoms with Crippen LogP contribution in [0.25, 0.3) is 0 Å². The molecule has 186 valence electrons. The monoisotopic (exact) mass is 461 g/mol. The molecular formula is C26H43N3O4. The van der Waals surface area contributed by atoms with Gasteiger partial charge in [0.05, 0.1) is 26.9 Å². The largest absolute Gasteiger partial charge is 0.493 e. The quantitative estimate of drug-likeness (QED) is 0.562. The molecule has 2 saturated heterocycles. The van der Waals surface area contributed by atoms with Gasteiger partial charge in [0.2, 0.25) is 0 Å². The second-order valence-corrected chi connectivity index (χ2v) is 9.73. The first-order chi connectivity index (χ1) is 16.0. The lowest BCUT2D eigenvalue weighted by Gasteiger charge is -2.45. The van der Waals surface area contributed by atoms with Crippen molar-refractivity contribution in [3.05, 3.63) is 23.8 Å². The van der Waals surface area contributed by atoms with Gasteiger partial charge in [-0.05, 0) is 68.3 Å². The summed E-state index contributed by atoms with van der Waals surface area (Å²) in [6.07, 6.45) is 6.28. The summed E-state index contributed by atoms with van der Waals surface area (Å²) in [5, 5.41) is 3.31. The van der Waals surface area contributed by atoms with Gasteiger partial charge >= 0.3 is 6.03 Å². The lowest BCUT2D eigenvalue weighted by Crippen LogP contribution is -2.53. The van der Waals surface area contributed by atoms with Crippen molar-refractivity contribution in [2.45, 2.75) is 58.0 Å². The predicted molar refractivity (Wildman–Crippen MR) is 131 cm³/mol. The van der Waals surface area contributed by atoms with Gasteiger partial charge in [0.15, 0.2) is 11.5 Å². The van der Waals surface area contributed by atoms with E-state index < -0.39 is 0 Å². The van der Waals surface area contributed by atoms with Gasteiger partial charge < -0.3 is 29.3 Å². The third-order valence-electron chi connectivity index (χ3n) is 7.25. The van der Waals surface area contributed by atoms with Crippen molar-refractivity contribution in [2.24, 2.45) is 11.8 Å². The molecule has 1 aromatic rings. The number of urea groups is 1. The topological polar surface area (TPSA) is 63.3 Å². The summed E-state index contributed by atoms with van der Waals surface area (Å²) in [5.41, 5.74) is 1.01. The molecule has 2 aliphatic rings. The van der Waals surface area contributed by atoms with Crippen LogP contribution in [0.1, 0.15) is 57.6 Å². The van der Waals surface area contributed by atoms with Crippen LogP contribution in [-0.2, 0) is 4.74 Å². The van der Waals surface area contributed by atoms with Crippen LogP contribution in [0, 0.1) is 11.8 Å². The van der Waals surface area contributed by atoms with Crippen molar-refractivity contribution in [3.63, 3.8) is 0 Å². The van der Waals surface area contributed by atoms with Crippen molar-refractivity contribution in [2.75, 3.05) is 54.1 Å². The minimum Gasteiger partial charge on any atom is -0.493 e. The zero-order chi connectivity index (χ0) is 23.8. The number of fused-ring (bicyclic) bond motifs is 1. The van der Waals surface area contributed by atoms with Crippen LogP contribution in [-0.4, -0.2) is 76.0 Å². The molecule has 0 bridgehead atoms. The van der Waals surface area contributed by atoms with Crippen LogP contribution < -0.4 is 14.8 Å². The van der Waals surface area contributed by atoms with Crippen molar-refractivity contribution < 1.29 is 19.0 Å². The van der Waals surface area contributed by atoms with E-state index in [-0.39, 0.29) is 18.0 Å². The molecular weight excluding hydrogens is 418 g/mol. The Bertz CT molecular complexity index is 755. The third-order valence-corrected chi connectivity index (χ3v) is 7.25. The van der Waals surface area contributed by atoms with Crippen molar-refractivity contribution in [3.8, 4) is 11.5 Å². The third kappa shape index (κ3) is 6.54. The fourth-order valence-electron chi connectivity index (χ4n) is 5.46. The Morgan fingerprint density at radius 2 is 1.85 bits per heavy atom. The standard InChI is InChI=1S/C26H43N3O4/c1-19(2)25(20-11-12-23(32-4)24(17-20)33-5)27-26(30)29(15-16-31-3)18-21-9-8-14-28-13-7-6-10-22(21)28/h11-12,17,19,21-22,25H,6-10,13-16,18H2,1-5H3,(H,27,30)/t21-,22+,25-/m0/s1. The number of carbonyl (C=O) groups is 1. The number of ether oxygens (including phenoxy) is 3. The summed E-state index contributed by atoms with van der Waals surface area (Å²) in [4.78, 5) is 18.2. The Labute approximate surface area is 199 Å². The van der Waals surface area contributed by atoms with E-state index in [1.807, 2.05) is 23.1 Å². The summed E-state index contributed by atoms with van der Waals surface area (Å²) in [7, 11) is 4.96. The van der Waals surface area contributed by atoms with Crippen molar-refractivity contribution in [1.82, 2.24) is 15.1 Å². The molecule has 7 nitrogen and oxygen atoms in total. The minimum atomic E-state index is -0.125. The number of hydrogen-bond donors (Lipinski definition) is 1. The van der Waals surface area contributed by atoms with Crippen molar-refractivity contribution >= 4 is 6.03 Å². The summed E-state index contributed by atoms with van der Waals surface area (Å²) >= 11 is 0. The van der Waals surface area contributed by atoms with Gasteiger partial charge in [0, 0.05) is 26.2 Å². The Morgan fingerprint density at radius 3 is 2.55 bits per heavy atom. The first-order valence-corrected chi connectivity index (χ1v) is 12.5. The molecule has 0 spiro atoms. The lowest BCUT2D eigenvalue weighted by molar-refractivity contribution is 0.0417. The molecule has 1 N–H and O–H groups in total. The van der Waals surface area contributed by atoms with Gasteiger partial charge in [-0.25, -0.2) is 4.79 Å². The Morgan fingerprint density at radius 1 is 1.09 bits per heavy atom. The van der Waals surface area contributed by atoms with Gasteiger partial charge in [-0.3, -0.25) is 0 Å². The van der Waals surface area contributed by atoms with E-state index in [0.717, 1.165) is 12.1 Å². The number of nitrogens with zero attached hydrogens (tertiary/aromatic N) is 2. The zero-order valence-corrected chi connectivity index (χ0v) is 21.1. The highest BCUT2D eigenvalue weighted by molar-refractivity contribution is 5.75. The first-order valence-electron chi connectivity index (χ1n) is 12.5. The normalized spacial score (nSPS) is 21.9. The van der Waals surface area contributed by atoms with E-state index in [9.17, 15) is 4.79 Å². The number of methoxy groups -OCH3 is 3. The first kappa shape index (κ1) is 25.6. The second kappa shape index (κ2) is 12.5. The summed E-state index contributed by atoms with van der Waals surface area (Å²) in [6.45, 7) is 8.59. The van der Waals surface area contributed by atoms with Crippen molar-refractivity contribution in [1.29, 1.82) is 0 Å². The van der Waals surface area contributed by atoms with E-state index in [4.69, 9.17) is 14.2 Å². The molecule has 0 aromatic heterocycles. The van der Waals surface area contributed by atoms with Crippen LogP contribution in [0.3, 0.4) is 0 Å². The molecule has 2 aliphatic heterocycles. The van der Waals surface area contributed by atoms with Gasteiger partial charge in [0.25, 0.3) is 0 Å². The number of carbonyl (C=O) groups excluding carboxylic acids is 1. The van der Waals surface area contributed by atoms with Crippen LogP contribution in [0.5, 0.6) is 11.5 Å². The van der Waals surface area contributed by atoms with Gasteiger partial charge in [-0.2, -0.15) is 0 Å². The number of rotatable bonds is 10. The van der Waals surface area contributed by atoms with E-state index in [0.29, 0.717) is 36.6 Å². The van der Waals surface area contributed by atoms with Gasteiger partial charge in [0.1, 0.15) is 0 Å². The highest BCUT2D eigenvalue weighted by Gasteiger charge is 2.35. The molecule has 3 rings (SSSR count). The van der Waals surface area contributed by atoms with Crippen LogP contribution in [0.15, 0.2) is 18.2 Å². The van der Waals surface area contributed by atoms with Crippen LogP contribution in [0.4, 0.5) is 4.79 Å². The van der Waals surface area contributed by atoms with E-state index >= 15 is 0 Å². The minimum absolute atomic E-state index is 0.0199. The fraction of sp³-hybridized carbons (Fsp3) is 0.731. The second-order valence-electron chi connectivity index (χ2n) is 9.73. The Balaban J connectivity index is 1.74. The maximum absolute atomic E-state index is 13.5. The molecule has 0 unspecified atom stereocenters. The highest BCUT2D eigenvalue weighted by Crippen LogP contribution is 2.33. The molecule has 7 heteroatoms. The molecule has 33 heavy (non-hydrogen) atoms. The molecule has 0 saturated carbocycles. The number of hydrogen-bond acceptors (Lipinski definition) is 5. The summed E-state index contributed by atoms with van der Waals surface area (Å²) in [6, 6.07) is 6.33. The summed E-state index contributed by atoms with van der Waals surface area (Å²) in [5.74, 6) is 2.11. The molecule has 1 aromatic carbocycles. The number of amides is 2.